The van der Waals surface area contributed by atoms with E-state index in [1.807, 2.05) is 52.1 Å². The molecule has 0 amide bonds. The number of rotatable bonds is 4. The highest BCUT2D eigenvalue weighted by Crippen LogP contribution is 2.19. The van der Waals surface area contributed by atoms with Crippen LogP contribution in [0.4, 0.5) is 5.69 Å². The number of anilines is 1. The Kier molecular flexibility index (Phi) is 4.58. The van der Waals surface area contributed by atoms with Crippen molar-refractivity contribution in [2.45, 2.75) is 27.2 Å². The zero-order valence-corrected chi connectivity index (χ0v) is 11.7. The second-order valence-electron chi connectivity index (χ2n) is 5.32. The molecule has 1 aromatic rings. The average Bonchev–Trinajstić information content (AvgIpc) is 2.25. The van der Waals surface area contributed by atoms with Crippen molar-refractivity contribution in [2.75, 3.05) is 18.5 Å². The molecule has 0 saturated carbocycles. The molecular weight excluding hydrogens is 234 g/mol. The molecule has 0 saturated heterocycles. The van der Waals surface area contributed by atoms with Crippen molar-refractivity contribution in [3.8, 4) is 0 Å². The average molecular weight is 254 g/mol. The van der Waals surface area contributed by atoms with Gasteiger partial charge in [-0.3, -0.25) is 4.79 Å². The summed E-state index contributed by atoms with van der Waals surface area (Å²) >= 11 is 5.83. The van der Waals surface area contributed by atoms with Gasteiger partial charge in [-0.1, -0.05) is 32.4 Å². The molecular formula is C14H20ClNO. The van der Waals surface area contributed by atoms with Crippen molar-refractivity contribution in [3.05, 3.63) is 29.3 Å². The fraction of sp³-hybridized carbons (Fsp3) is 0.500. The molecule has 0 aliphatic rings. The summed E-state index contributed by atoms with van der Waals surface area (Å²) in [5.74, 6) is 0.290. The molecule has 0 bridgehead atoms. The third-order valence-corrected chi connectivity index (χ3v) is 3.03. The van der Waals surface area contributed by atoms with Crippen LogP contribution in [0, 0.1) is 5.41 Å². The lowest BCUT2D eigenvalue weighted by Crippen LogP contribution is -2.27. The number of hydrogen-bond donors (Lipinski definition) is 0. The van der Waals surface area contributed by atoms with E-state index in [1.165, 1.54) is 0 Å². The van der Waals surface area contributed by atoms with E-state index in [2.05, 4.69) is 4.90 Å². The van der Waals surface area contributed by atoms with E-state index < -0.39 is 0 Å². The van der Waals surface area contributed by atoms with E-state index in [9.17, 15) is 4.79 Å². The minimum Gasteiger partial charge on any atom is -0.374 e. The third kappa shape index (κ3) is 4.39. The van der Waals surface area contributed by atoms with Gasteiger partial charge in [0.25, 0.3) is 0 Å². The summed E-state index contributed by atoms with van der Waals surface area (Å²) in [5, 5.41) is 0.730. The number of nitrogens with zero attached hydrogens (tertiary/aromatic N) is 1. The molecule has 0 fully saturated rings. The first kappa shape index (κ1) is 14.0. The molecule has 0 heterocycles. The largest absolute Gasteiger partial charge is 0.374 e. The van der Waals surface area contributed by atoms with Crippen LogP contribution in [0.25, 0.3) is 0 Å². The predicted octanol–water partition coefficient (Wildman–Crippen LogP) is 3.78. The van der Waals surface area contributed by atoms with E-state index in [-0.39, 0.29) is 5.41 Å². The molecule has 0 unspecified atom stereocenters. The van der Waals surface area contributed by atoms with E-state index >= 15 is 0 Å². The maximum atomic E-state index is 11.8. The lowest BCUT2D eigenvalue weighted by Gasteiger charge is -2.22. The van der Waals surface area contributed by atoms with Crippen molar-refractivity contribution in [3.63, 3.8) is 0 Å². The van der Waals surface area contributed by atoms with Crippen LogP contribution in [0.15, 0.2) is 24.3 Å². The van der Waals surface area contributed by atoms with Gasteiger partial charge in [0.1, 0.15) is 5.78 Å². The van der Waals surface area contributed by atoms with Gasteiger partial charge in [0.2, 0.25) is 0 Å². The van der Waals surface area contributed by atoms with Crippen molar-refractivity contribution in [1.29, 1.82) is 0 Å². The van der Waals surface area contributed by atoms with Gasteiger partial charge in [-0.2, -0.15) is 0 Å². The molecule has 94 valence electrons. The van der Waals surface area contributed by atoms with Crippen molar-refractivity contribution >= 4 is 23.1 Å². The summed E-state index contributed by atoms with van der Waals surface area (Å²) < 4.78 is 0. The number of carbonyl (C=O) groups excluding carboxylic acids is 1. The predicted molar refractivity (Wildman–Crippen MR) is 73.8 cm³/mol. The lowest BCUT2D eigenvalue weighted by atomic mass is 9.89. The van der Waals surface area contributed by atoms with Crippen LogP contribution < -0.4 is 4.90 Å². The Balaban J connectivity index is 2.53. The Labute approximate surface area is 109 Å². The van der Waals surface area contributed by atoms with Crippen LogP contribution in [0.2, 0.25) is 5.02 Å². The summed E-state index contributed by atoms with van der Waals surface area (Å²) in [6.45, 7) is 6.60. The second kappa shape index (κ2) is 5.54. The zero-order valence-electron chi connectivity index (χ0n) is 11.0. The Morgan fingerprint density at radius 2 is 1.76 bits per heavy atom. The summed E-state index contributed by atoms with van der Waals surface area (Å²) in [7, 11) is 1.99. The van der Waals surface area contributed by atoms with Gasteiger partial charge in [0, 0.05) is 36.1 Å². The smallest absolute Gasteiger partial charge is 0.139 e. The maximum Gasteiger partial charge on any atom is 0.139 e. The summed E-state index contributed by atoms with van der Waals surface area (Å²) in [5.41, 5.74) is 0.831. The Morgan fingerprint density at radius 3 is 2.24 bits per heavy atom. The summed E-state index contributed by atoms with van der Waals surface area (Å²) in [4.78, 5) is 13.9. The summed E-state index contributed by atoms with van der Waals surface area (Å²) in [6, 6.07) is 7.64. The van der Waals surface area contributed by atoms with Gasteiger partial charge < -0.3 is 4.90 Å². The highest BCUT2D eigenvalue weighted by Gasteiger charge is 2.20. The fourth-order valence-corrected chi connectivity index (χ4v) is 1.59. The van der Waals surface area contributed by atoms with Crippen LogP contribution in [0.3, 0.4) is 0 Å². The highest BCUT2D eigenvalue weighted by molar-refractivity contribution is 6.30. The Morgan fingerprint density at radius 1 is 1.24 bits per heavy atom. The molecule has 1 rings (SSSR count). The van der Waals surface area contributed by atoms with Crippen molar-refractivity contribution in [2.24, 2.45) is 5.41 Å². The number of Topliss-reactive ketones (excluding diaryl/α,β-unsaturated/α-hetero) is 1. The van der Waals surface area contributed by atoms with Gasteiger partial charge in [-0.25, -0.2) is 0 Å². The topological polar surface area (TPSA) is 20.3 Å². The highest BCUT2D eigenvalue weighted by atomic mass is 35.5. The minimum absolute atomic E-state index is 0.249. The van der Waals surface area contributed by atoms with Crippen LogP contribution in [0.1, 0.15) is 27.2 Å². The van der Waals surface area contributed by atoms with Crippen LogP contribution in [0.5, 0.6) is 0 Å². The zero-order chi connectivity index (χ0) is 13.1. The Hall–Kier alpha value is -1.02. The molecule has 0 atom stereocenters. The molecule has 0 aliphatic heterocycles. The Bertz CT molecular complexity index is 378. The number of ketones is 1. The van der Waals surface area contributed by atoms with Gasteiger partial charge in [0.15, 0.2) is 0 Å². The summed E-state index contributed by atoms with van der Waals surface area (Å²) in [6.07, 6.45) is 0.572. The number of carbonyl (C=O) groups is 1. The number of hydrogen-bond acceptors (Lipinski definition) is 2. The molecule has 3 heteroatoms. The minimum atomic E-state index is -0.249. The quantitative estimate of drug-likeness (QED) is 0.814. The van der Waals surface area contributed by atoms with Gasteiger partial charge >= 0.3 is 0 Å². The molecule has 1 aromatic carbocycles. The van der Waals surface area contributed by atoms with Crippen LogP contribution in [-0.2, 0) is 4.79 Å². The normalized spacial score (nSPS) is 11.4. The fourth-order valence-electron chi connectivity index (χ4n) is 1.47. The first-order chi connectivity index (χ1) is 7.80. The van der Waals surface area contributed by atoms with E-state index in [0.29, 0.717) is 12.2 Å². The SMILES string of the molecule is CN(CCC(=O)C(C)(C)C)c1ccc(Cl)cc1. The molecule has 0 spiro atoms. The molecule has 0 aliphatic carbocycles. The van der Waals surface area contributed by atoms with Crippen LogP contribution >= 0.6 is 11.6 Å². The van der Waals surface area contributed by atoms with Gasteiger partial charge in [-0.15, -0.1) is 0 Å². The molecule has 0 aromatic heterocycles. The van der Waals surface area contributed by atoms with E-state index in [1.54, 1.807) is 0 Å². The third-order valence-electron chi connectivity index (χ3n) is 2.78. The standard InChI is InChI=1S/C14H20ClNO/c1-14(2,3)13(17)9-10-16(4)12-7-5-11(15)6-8-12/h5-8H,9-10H2,1-4H3. The van der Waals surface area contributed by atoms with Gasteiger partial charge in [0.05, 0.1) is 0 Å². The molecule has 17 heavy (non-hydrogen) atoms. The van der Waals surface area contributed by atoms with Crippen molar-refractivity contribution < 1.29 is 4.79 Å². The lowest BCUT2D eigenvalue weighted by molar-refractivity contribution is -0.126. The number of benzene rings is 1. The molecule has 2 nitrogen and oxygen atoms in total. The monoisotopic (exact) mass is 253 g/mol. The van der Waals surface area contributed by atoms with E-state index in [0.717, 1.165) is 17.3 Å². The van der Waals surface area contributed by atoms with Crippen molar-refractivity contribution in [1.82, 2.24) is 0 Å². The maximum absolute atomic E-state index is 11.8. The second-order valence-corrected chi connectivity index (χ2v) is 5.76. The van der Waals surface area contributed by atoms with Gasteiger partial charge in [-0.05, 0) is 24.3 Å². The first-order valence-corrected chi connectivity index (χ1v) is 6.18. The molecule has 0 radical (unpaired) electrons. The van der Waals surface area contributed by atoms with Crippen LogP contribution in [-0.4, -0.2) is 19.4 Å². The molecule has 0 N–H and O–H groups in total. The van der Waals surface area contributed by atoms with E-state index in [4.69, 9.17) is 11.6 Å². The number of halogens is 1. The first-order valence-electron chi connectivity index (χ1n) is 5.81.